The lowest BCUT2D eigenvalue weighted by Gasteiger charge is -2.20. The summed E-state index contributed by atoms with van der Waals surface area (Å²) >= 11 is 0. The van der Waals surface area contributed by atoms with Crippen LogP contribution in [-0.4, -0.2) is 34.6 Å². The van der Waals surface area contributed by atoms with E-state index in [1.54, 1.807) is 30.3 Å². The maximum atomic E-state index is 10.2. The number of aromatic carboxylic acids is 1. The van der Waals surface area contributed by atoms with Crippen molar-refractivity contribution in [3.63, 3.8) is 0 Å². The third-order valence-electron chi connectivity index (χ3n) is 4.29. The molecule has 23 heavy (non-hydrogen) atoms. The van der Waals surface area contributed by atoms with Gasteiger partial charge < -0.3 is 5.11 Å². The van der Waals surface area contributed by atoms with E-state index >= 15 is 0 Å². The number of benzene rings is 1. The fourth-order valence-electron chi connectivity index (χ4n) is 2.76. The summed E-state index contributed by atoms with van der Waals surface area (Å²) < 4.78 is 0. The highest BCUT2D eigenvalue weighted by Gasteiger charge is 2.22. The summed E-state index contributed by atoms with van der Waals surface area (Å²) in [6.07, 6.45) is 4.63. The Labute approximate surface area is 137 Å². The van der Waals surface area contributed by atoms with Crippen LogP contribution in [0.4, 0.5) is 0 Å². The number of likely N-dealkylation sites (tertiary alicyclic amines) is 1. The smallest absolute Gasteiger partial charge is 0.335 e. The molecular weight excluding hydrogens is 288 g/mol. The van der Waals surface area contributed by atoms with E-state index in [0.29, 0.717) is 11.6 Å². The third kappa shape index (κ3) is 4.63. The van der Waals surface area contributed by atoms with Crippen molar-refractivity contribution in [2.75, 3.05) is 13.6 Å². The largest absolute Gasteiger partial charge is 0.478 e. The number of hydrogen-bond acceptors (Lipinski definition) is 3. The number of nitrogens with zero attached hydrogens (tertiary/aromatic N) is 2. The Balaban J connectivity index is 0.000000185. The summed E-state index contributed by atoms with van der Waals surface area (Å²) in [5.41, 5.74) is 4.17. The second kappa shape index (κ2) is 7.88. The molecule has 1 aliphatic rings. The van der Waals surface area contributed by atoms with Crippen LogP contribution in [0.2, 0.25) is 0 Å². The molecule has 1 atom stereocenters. The van der Waals surface area contributed by atoms with Gasteiger partial charge in [0.05, 0.1) is 5.56 Å². The molecule has 4 heteroatoms. The van der Waals surface area contributed by atoms with E-state index in [4.69, 9.17) is 5.11 Å². The summed E-state index contributed by atoms with van der Waals surface area (Å²) in [6.45, 7) is 5.43. The zero-order valence-corrected chi connectivity index (χ0v) is 14.0. The van der Waals surface area contributed by atoms with Gasteiger partial charge in [0.2, 0.25) is 0 Å². The summed E-state index contributed by atoms with van der Waals surface area (Å²) in [5, 5.41) is 8.38. The summed E-state index contributed by atoms with van der Waals surface area (Å²) in [6, 6.07) is 11.2. The van der Waals surface area contributed by atoms with E-state index in [0.717, 1.165) is 5.69 Å². The highest BCUT2D eigenvalue weighted by Crippen LogP contribution is 2.30. The van der Waals surface area contributed by atoms with Gasteiger partial charge in [-0.3, -0.25) is 9.88 Å². The van der Waals surface area contributed by atoms with E-state index in [2.05, 4.69) is 36.8 Å². The van der Waals surface area contributed by atoms with Gasteiger partial charge in [0.25, 0.3) is 0 Å². The first-order chi connectivity index (χ1) is 11.0. The first-order valence-electron chi connectivity index (χ1n) is 7.90. The number of rotatable bonds is 2. The summed E-state index contributed by atoms with van der Waals surface area (Å²) in [4.78, 5) is 17.1. The highest BCUT2D eigenvalue weighted by atomic mass is 16.4. The first kappa shape index (κ1) is 17.2. The van der Waals surface area contributed by atoms with Gasteiger partial charge in [0, 0.05) is 17.9 Å². The molecule has 122 valence electrons. The normalized spacial score (nSPS) is 17.4. The van der Waals surface area contributed by atoms with Crippen LogP contribution in [0.1, 0.15) is 46.1 Å². The zero-order chi connectivity index (χ0) is 16.8. The van der Waals surface area contributed by atoms with Crippen LogP contribution < -0.4 is 0 Å². The lowest BCUT2D eigenvalue weighted by molar-refractivity contribution is 0.0697. The SMILES string of the molecule is Cc1cc([C@@H]2CCCN2C)cnc1C.O=C(O)c1ccccc1. The number of carbonyl (C=O) groups is 1. The molecule has 1 N–H and O–H groups in total. The van der Waals surface area contributed by atoms with Crippen molar-refractivity contribution < 1.29 is 9.90 Å². The topological polar surface area (TPSA) is 53.4 Å². The second-order valence-corrected chi connectivity index (χ2v) is 5.98. The third-order valence-corrected chi connectivity index (χ3v) is 4.29. The monoisotopic (exact) mass is 312 g/mol. The van der Waals surface area contributed by atoms with Gasteiger partial charge in [0.15, 0.2) is 0 Å². The van der Waals surface area contributed by atoms with Crippen LogP contribution in [0.15, 0.2) is 42.6 Å². The van der Waals surface area contributed by atoms with Gasteiger partial charge in [-0.15, -0.1) is 0 Å². The molecular formula is C19H24N2O2. The van der Waals surface area contributed by atoms with Crippen LogP contribution in [0.3, 0.4) is 0 Å². The van der Waals surface area contributed by atoms with E-state index in [-0.39, 0.29) is 0 Å². The van der Waals surface area contributed by atoms with Crippen molar-refractivity contribution in [3.05, 3.63) is 65.0 Å². The minimum Gasteiger partial charge on any atom is -0.478 e. The van der Waals surface area contributed by atoms with Gasteiger partial charge in [0.1, 0.15) is 0 Å². The number of carboxylic acids is 1. The van der Waals surface area contributed by atoms with Gasteiger partial charge in [-0.2, -0.15) is 0 Å². The maximum absolute atomic E-state index is 10.2. The molecule has 0 saturated carbocycles. The maximum Gasteiger partial charge on any atom is 0.335 e. The Morgan fingerprint density at radius 1 is 1.26 bits per heavy atom. The quantitative estimate of drug-likeness (QED) is 0.915. The van der Waals surface area contributed by atoms with Crippen molar-refractivity contribution in [3.8, 4) is 0 Å². The van der Waals surface area contributed by atoms with E-state index in [1.807, 2.05) is 6.20 Å². The van der Waals surface area contributed by atoms with Crippen LogP contribution in [0.25, 0.3) is 0 Å². The highest BCUT2D eigenvalue weighted by molar-refractivity contribution is 5.87. The molecule has 4 nitrogen and oxygen atoms in total. The molecule has 1 fully saturated rings. The van der Waals surface area contributed by atoms with Crippen LogP contribution in [0, 0.1) is 13.8 Å². The number of carboxylic acid groups (broad SMARTS) is 1. The molecule has 0 radical (unpaired) electrons. The van der Waals surface area contributed by atoms with Crippen LogP contribution in [0.5, 0.6) is 0 Å². The van der Waals surface area contributed by atoms with Crippen molar-refractivity contribution in [2.45, 2.75) is 32.7 Å². The number of aromatic nitrogens is 1. The van der Waals surface area contributed by atoms with Crippen molar-refractivity contribution >= 4 is 5.97 Å². The average molecular weight is 312 g/mol. The molecule has 0 spiro atoms. The molecule has 0 amide bonds. The minimum atomic E-state index is -0.879. The standard InChI is InChI=1S/C12H18N2.C7H6O2/c1-9-7-11(8-13-10(9)2)12-5-4-6-14(12)3;8-7(9)6-4-2-1-3-5-6/h7-8,12H,4-6H2,1-3H3;1-5H,(H,8,9)/t12-;/m0./s1. The van der Waals surface area contributed by atoms with Gasteiger partial charge >= 0.3 is 5.97 Å². The molecule has 0 aliphatic carbocycles. The Hall–Kier alpha value is -2.20. The molecule has 2 heterocycles. The molecule has 1 saturated heterocycles. The lowest BCUT2D eigenvalue weighted by atomic mass is 10.0. The van der Waals surface area contributed by atoms with E-state index in [1.165, 1.54) is 30.5 Å². The predicted octanol–water partition coefficient (Wildman–Crippen LogP) is 3.85. The molecule has 0 unspecified atom stereocenters. The van der Waals surface area contributed by atoms with Gasteiger partial charge in [-0.05, 0) is 63.5 Å². The van der Waals surface area contributed by atoms with E-state index < -0.39 is 5.97 Å². The van der Waals surface area contributed by atoms with Gasteiger partial charge in [-0.1, -0.05) is 24.3 Å². The van der Waals surface area contributed by atoms with Crippen molar-refractivity contribution in [1.82, 2.24) is 9.88 Å². The minimum absolute atomic E-state index is 0.331. The number of aryl methyl sites for hydroxylation is 2. The first-order valence-corrected chi connectivity index (χ1v) is 7.90. The summed E-state index contributed by atoms with van der Waals surface area (Å²) in [5.74, 6) is -0.879. The van der Waals surface area contributed by atoms with E-state index in [9.17, 15) is 4.79 Å². The Bertz CT molecular complexity index is 656. The summed E-state index contributed by atoms with van der Waals surface area (Å²) in [7, 11) is 2.20. The fourth-order valence-corrected chi connectivity index (χ4v) is 2.76. The molecule has 3 rings (SSSR count). The lowest BCUT2D eigenvalue weighted by Crippen LogP contribution is -2.17. The second-order valence-electron chi connectivity index (χ2n) is 5.98. The molecule has 1 aliphatic heterocycles. The predicted molar refractivity (Wildman–Crippen MR) is 91.7 cm³/mol. The van der Waals surface area contributed by atoms with Crippen molar-refractivity contribution in [1.29, 1.82) is 0 Å². The molecule has 0 bridgehead atoms. The fraction of sp³-hybridized carbons (Fsp3) is 0.368. The molecule has 1 aromatic carbocycles. The molecule has 2 aromatic rings. The van der Waals surface area contributed by atoms with Crippen LogP contribution >= 0.6 is 0 Å². The number of hydrogen-bond donors (Lipinski definition) is 1. The van der Waals surface area contributed by atoms with Gasteiger partial charge in [-0.25, -0.2) is 4.79 Å². The zero-order valence-electron chi connectivity index (χ0n) is 14.0. The Morgan fingerprint density at radius 3 is 2.43 bits per heavy atom. The average Bonchev–Trinajstić information content (AvgIpc) is 2.98. The Morgan fingerprint density at radius 2 is 1.96 bits per heavy atom. The van der Waals surface area contributed by atoms with Crippen LogP contribution in [-0.2, 0) is 0 Å². The van der Waals surface area contributed by atoms with Crippen molar-refractivity contribution in [2.24, 2.45) is 0 Å². The molecule has 1 aromatic heterocycles. The Kier molecular flexibility index (Phi) is 5.88. The number of pyridine rings is 1.